The number of ether oxygens (including phenoxy) is 1. The highest BCUT2D eigenvalue weighted by Gasteiger charge is 2.13. The number of hydrogen-bond donors (Lipinski definition) is 1. The molecule has 0 amide bonds. The van der Waals surface area contributed by atoms with Crippen LogP contribution >= 0.6 is 0 Å². The fourth-order valence-corrected chi connectivity index (χ4v) is 1.44. The zero-order chi connectivity index (χ0) is 10.3. The van der Waals surface area contributed by atoms with Crippen LogP contribution in [0.5, 0.6) is 0 Å². The molecule has 1 atom stereocenters. The molecule has 0 aromatic carbocycles. The topological polar surface area (TPSA) is 46.5 Å². The Morgan fingerprint density at radius 3 is 2.46 bits per heavy atom. The molecule has 0 fully saturated rings. The maximum atomic E-state index is 10.4. The van der Waals surface area contributed by atoms with Crippen molar-refractivity contribution >= 4 is 11.1 Å². The lowest BCUT2D eigenvalue weighted by Crippen LogP contribution is -2.43. The molecule has 0 aliphatic heterocycles. The number of methoxy groups -OCH3 is 1. The Hall–Kier alpha value is 0.0300. The minimum atomic E-state index is -1.65. The molecule has 0 aliphatic rings. The van der Waals surface area contributed by atoms with Crippen molar-refractivity contribution in [3.05, 3.63) is 0 Å². The molecule has 13 heavy (non-hydrogen) atoms. The normalized spacial score (nSPS) is 14.5. The monoisotopic (exact) mass is 210 g/mol. The second-order valence-corrected chi connectivity index (χ2v) is 4.81. The van der Waals surface area contributed by atoms with E-state index >= 15 is 0 Å². The fourth-order valence-electron chi connectivity index (χ4n) is 1.07. The Morgan fingerprint density at radius 1 is 1.38 bits per heavy atom. The van der Waals surface area contributed by atoms with Gasteiger partial charge in [0.25, 0.3) is 0 Å². The van der Waals surface area contributed by atoms with Crippen LogP contribution < -0.4 is 0 Å². The van der Waals surface area contributed by atoms with Crippen molar-refractivity contribution in [2.24, 2.45) is 0 Å². The van der Waals surface area contributed by atoms with E-state index in [1.165, 1.54) is 0 Å². The van der Waals surface area contributed by atoms with Crippen molar-refractivity contribution in [3.8, 4) is 0 Å². The smallest absolute Gasteiger partial charge is 0.153 e. The Kier molecular flexibility index (Phi) is 6.49. The number of nitrogens with zero attached hydrogens (tertiary/aromatic N) is 1. The summed E-state index contributed by atoms with van der Waals surface area (Å²) in [4.78, 5) is 0. The third-order valence-electron chi connectivity index (χ3n) is 1.98. The first kappa shape index (κ1) is 13.0. The van der Waals surface area contributed by atoms with Gasteiger partial charge in [0.2, 0.25) is 0 Å². The van der Waals surface area contributed by atoms with Gasteiger partial charge in [-0.3, -0.25) is 0 Å². The Balaban J connectivity index is 3.56. The molecule has 0 bridgehead atoms. The molecule has 0 saturated heterocycles. The molecule has 80 valence electrons. The molecule has 0 radical (unpaired) electrons. The van der Waals surface area contributed by atoms with Gasteiger partial charge in [-0.2, -0.15) is 0 Å². The lowest BCUT2D eigenvalue weighted by molar-refractivity contribution is -0.890. The summed E-state index contributed by atoms with van der Waals surface area (Å²) in [5, 5.41) is 0. The van der Waals surface area contributed by atoms with E-state index in [4.69, 9.17) is 9.29 Å². The molecule has 5 heteroatoms. The first-order valence-electron chi connectivity index (χ1n) is 4.36. The van der Waals surface area contributed by atoms with Gasteiger partial charge in [-0.05, 0) is 0 Å². The molecule has 0 aromatic rings. The molecule has 0 saturated carbocycles. The molecule has 1 unspecified atom stereocenters. The van der Waals surface area contributed by atoms with Crippen LogP contribution in [-0.2, 0) is 15.8 Å². The summed E-state index contributed by atoms with van der Waals surface area (Å²) in [6.07, 6.45) is 0.778. The van der Waals surface area contributed by atoms with Gasteiger partial charge < -0.3 is 13.8 Å². The largest absolute Gasteiger partial charge is 0.379 e. The molecule has 1 N–H and O–H groups in total. The predicted molar refractivity (Wildman–Crippen MR) is 54.0 cm³/mol. The lowest BCUT2D eigenvalue weighted by atomic mass is 10.4. The van der Waals surface area contributed by atoms with Gasteiger partial charge >= 0.3 is 0 Å². The first-order chi connectivity index (χ1) is 5.98. The molecular formula is C8H20NO3S+. The average Bonchev–Trinajstić information content (AvgIpc) is 2.00. The highest BCUT2D eigenvalue weighted by atomic mass is 32.2. The molecule has 0 spiro atoms. The summed E-state index contributed by atoms with van der Waals surface area (Å²) < 4.78 is 24.8. The van der Waals surface area contributed by atoms with Gasteiger partial charge in [0.15, 0.2) is 11.1 Å². The van der Waals surface area contributed by atoms with Gasteiger partial charge in [-0.1, -0.05) is 0 Å². The molecule has 0 rings (SSSR count). The number of likely N-dealkylation sites (N-methyl/N-ethyl adjacent to an activating group) is 1. The standard InChI is InChI=1S/C8H19NO3S/c1-9(2,6-7-12-3)5-4-8-13(10)11/h4-8H2,1-3H3/p+1. The van der Waals surface area contributed by atoms with Crippen LogP contribution in [0, 0.1) is 0 Å². The summed E-state index contributed by atoms with van der Waals surface area (Å²) in [7, 11) is 5.88. The SMILES string of the molecule is COCC[N+](C)(C)CCCS(=O)O. The zero-order valence-corrected chi connectivity index (χ0v) is 9.47. The minimum Gasteiger partial charge on any atom is -0.379 e. The van der Waals surface area contributed by atoms with Crippen molar-refractivity contribution in [2.45, 2.75) is 6.42 Å². The van der Waals surface area contributed by atoms with Crippen LogP contribution in [-0.4, -0.2) is 59.9 Å². The second-order valence-electron chi connectivity index (χ2n) is 3.75. The third-order valence-corrected chi connectivity index (χ3v) is 2.62. The van der Waals surface area contributed by atoms with Gasteiger partial charge in [-0.25, -0.2) is 4.21 Å². The number of quaternary nitrogens is 1. The summed E-state index contributed by atoms with van der Waals surface area (Å²) in [6.45, 7) is 2.58. The second kappa shape index (κ2) is 6.48. The molecule has 4 nitrogen and oxygen atoms in total. The Bertz CT molecular complexity index is 161. The molecule has 0 aliphatic carbocycles. The van der Waals surface area contributed by atoms with Crippen molar-refractivity contribution in [1.29, 1.82) is 0 Å². The van der Waals surface area contributed by atoms with Gasteiger partial charge in [-0.15, -0.1) is 0 Å². The van der Waals surface area contributed by atoms with E-state index in [0.717, 1.165) is 30.6 Å². The van der Waals surface area contributed by atoms with E-state index in [1.807, 2.05) is 0 Å². The number of rotatable bonds is 7. The van der Waals surface area contributed by atoms with Crippen molar-refractivity contribution in [1.82, 2.24) is 0 Å². The van der Waals surface area contributed by atoms with Crippen molar-refractivity contribution < 1.29 is 18.0 Å². The fraction of sp³-hybridized carbons (Fsp3) is 1.00. The minimum absolute atomic E-state index is 0.370. The number of hydrogen-bond acceptors (Lipinski definition) is 2. The molecule has 0 aromatic heterocycles. The van der Waals surface area contributed by atoms with Gasteiger partial charge in [0.05, 0.1) is 33.0 Å². The van der Waals surface area contributed by atoms with Crippen molar-refractivity contribution in [3.63, 3.8) is 0 Å². The summed E-state index contributed by atoms with van der Waals surface area (Å²) in [5.41, 5.74) is 0. The Labute approximate surface area is 82.8 Å². The highest BCUT2D eigenvalue weighted by molar-refractivity contribution is 7.79. The first-order valence-corrected chi connectivity index (χ1v) is 5.64. The maximum absolute atomic E-state index is 10.4. The van der Waals surface area contributed by atoms with E-state index in [-0.39, 0.29) is 0 Å². The van der Waals surface area contributed by atoms with Gasteiger partial charge in [0, 0.05) is 13.5 Å². The van der Waals surface area contributed by atoms with Crippen molar-refractivity contribution in [2.75, 3.05) is 46.7 Å². The van der Waals surface area contributed by atoms with Gasteiger partial charge in [0.1, 0.15) is 6.54 Å². The highest BCUT2D eigenvalue weighted by Crippen LogP contribution is 1.99. The van der Waals surface area contributed by atoms with E-state index < -0.39 is 11.1 Å². The lowest BCUT2D eigenvalue weighted by Gasteiger charge is -2.29. The zero-order valence-electron chi connectivity index (χ0n) is 8.65. The maximum Gasteiger partial charge on any atom is 0.153 e. The van der Waals surface area contributed by atoms with Crippen LogP contribution in [0.2, 0.25) is 0 Å². The Morgan fingerprint density at radius 2 is 2.00 bits per heavy atom. The van der Waals surface area contributed by atoms with Crippen LogP contribution in [0.3, 0.4) is 0 Å². The quantitative estimate of drug-likeness (QED) is 0.486. The van der Waals surface area contributed by atoms with E-state index in [0.29, 0.717) is 5.75 Å². The summed E-state index contributed by atoms with van der Waals surface area (Å²) >= 11 is -1.65. The summed E-state index contributed by atoms with van der Waals surface area (Å²) in [5.74, 6) is 0.370. The van der Waals surface area contributed by atoms with Crippen LogP contribution in [0.15, 0.2) is 0 Å². The third kappa shape index (κ3) is 8.36. The summed E-state index contributed by atoms with van der Waals surface area (Å²) in [6, 6.07) is 0. The van der Waals surface area contributed by atoms with Crippen LogP contribution in [0.4, 0.5) is 0 Å². The molecule has 0 heterocycles. The van der Waals surface area contributed by atoms with E-state index in [1.54, 1.807) is 7.11 Å². The average molecular weight is 210 g/mol. The molecular weight excluding hydrogens is 190 g/mol. The van der Waals surface area contributed by atoms with E-state index in [9.17, 15) is 4.21 Å². The van der Waals surface area contributed by atoms with Crippen LogP contribution in [0.1, 0.15) is 6.42 Å². The van der Waals surface area contributed by atoms with Crippen LogP contribution in [0.25, 0.3) is 0 Å². The predicted octanol–water partition coefficient (Wildman–Crippen LogP) is 0.321. The van der Waals surface area contributed by atoms with E-state index in [2.05, 4.69) is 14.1 Å².